The average molecular weight is 532 g/mol. The van der Waals surface area contributed by atoms with E-state index >= 15 is 0 Å². The summed E-state index contributed by atoms with van der Waals surface area (Å²) in [5.74, 6) is 1.93. The molecule has 5 aromatic rings. The zero-order chi connectivity index (χ0) is 26.4. The number of fused-ring (bicyclic) bond motifs is 2. The number of hydrogen-bond acceptors (Lipinski definition) is 7. The fourth-order valence-corrected chi connectivity index (χ4v) is 4.99. The van der Waals surface area contributed by atoms with Crippen molar-refractivity contribution in [3.8, 4) is 22.8 Å². The minimum Gasteiger partial charge on any atom is -0.456 e. The normalized spacial score (nSPS) is 17.8. The van der Waals surface area contributed by atoms with Gasteiger partial charge >= 0.3 is 0 Å². The van der Waals surface area contributed by atoms with Crippen molar-refractivity contribution in [1.82, 2.24) is 34.6 Å². The van der Waals surface area contributed by atoms with E-state index < -0.39 is 0 Å². The molecule has 0 aliphatic carbocycles. The molecule has 4 heterocycles. The molecule has 1 N–H and O–H groups in total. The molecule has 1 saturated heterocycles. The molecule has 1 aliphatic rings. The maximum atomic E-state index is 12.8. The Balaban J connectivity index is 1.23. The van der Waals surface area contributed by atoms with Gasteiger partial charge in [0.15, 0.2) is 0 Å². The highest BCUT2D eigenvalue weighted by Crippen LogP contribution is 2.35. The second kappa shape index (κ2) is 9.70. The molecule has 194 valence electrons. The van der Waals surface area contributed by atoms with Crippen LogP contribution in [0.5, 0.6) is 11.5 Å². The molecule has 2 atom stereocenters. The minimum absolute atomic E-state index is 0.000409. The Hall–Kier alpha value is -4.02. The van der Waals surface area contributed by atoms with Crippen molar-refractivity contribution in [3.63, 3.8) is 0 Å². The smallest absolute Gasteiger partial charge is 0.244 e. The van der Waals surface area contributed by atoms with Crippen molar-refractivity contribution in [2.24, 2.45) is 0 Å². The number of carbonyl (C=O) groups excluding carboxylic acids is 1. The Bertz CT molecular complexity index is 1650. The molecule has 0 unspecified atom stereocenters. The Morgan fingerprint density at radius 2 is 1.92 bits per heavy atom. The summed E-state index contributed by atoms with van der Waals surface area (Å²) in [6.45, 7) is 7.14. The maximum absolute atomic E-state index is 12.8. The molecular formula is C27H26ClN7O3. The van der Waals surface area contributed by atoms with Gasteiger partial charge in [-0.05, 0) is 45.0 Å². The standard InChI is InChI=1S/C27H26ClN7O3/c1-15-11-34(12-16(2)37-15)25(36)14-35-13-18(9-30-35)23-10-29-21-6-7-24(26(28)27(21)33-23)38-19-4-5-20-22(8-19)32-17(3)31-20/h4-10,13,15-16H,11-12,14H2,1-3H3,(H,31,32)/t15-,16+. The summed E-state index contributed by atoms with van der Waals surface area (Å²) in [5.41, 5.74) is 4.24. The number of ether oxygens (including phenoxy) is 2. The second-order valence-electron chi connectivity index (χ2n) is 9.59. The molecule has 3 aromatic heterocycles. The molecule has 6 rings (SSSR count). The molecule has 0 bridgehead atoms. The van der Waals surface area contributed by atoms with Crippen LogP contribution in [0.25, 0.3) is 33.3 Å². The number of nitrogens with zero attached hydrogens (tertiary/aromatic N) is 6. The van der Waals surface area contributed by atoms with Gasteiger partial charge in [-0.3, -0.25) is 14.5 Å². The van der Waals surface area contributed by atoms with Gasteiger partial charge in [-0.2, -0.15) is 5.10 Å². The van der Waals surface area contributed by atoms with Crippen LogP contribution < -0.4 is 4.74 Å². The SMILES string of the molecule is Cc1nc2ccc(Oc3ccc4ncc(-c5cnn(CC(=O)N6C[C@@H](C)O[C@@H](C)C6)c5)nc4c3Cl)cc2[nH]1. The maximum Gasteiger partial charge on any atom is 0.244 e. The third-order valence-electron chi connectivity index (χ3n) is 6.42. The molecule has 0 radical (unpaired) electrons. The number of nitrogens with one attached hydrogen (secondary N) is 1. The summed E-state index contributed by atoms with van der Waals surface area (Å²) in [7, 11) is 0. The number of carbonyl (C=O) groups is 1. The third-order valence-corrected chi connectivity index (χ3v) is 6.78. The fourth-order valence-electron chi connectivity index (χ4n) is 4.75. The summed E-state index contributed by atoms with van der Waals surface area (Å²) in [5, 5.41) is 4.73. The predicted molar refractivity (Wildman–Crippen MR) is 143 cm³/mol. The Labute approximate surface area is 223 Å². The van der Waals surface area contributed by atoms with Crippen LogP contribution in [0.15, 0.2) is 48.9 Å². The molecule has 0 spiro atoms. The summed E-state index contributed by atoms with van der Waals surface area (Å²) < 4.78 is 13.4. The quantitative estimate of drug-likeness (QED) is 0.348. The van der Waals surface area contributed by atoms with Crippen LogP contribution >= 0.6 is 11.6 Å². The lowest BCUT2D eigenvalue weighted by molar-refractivity contribution is -0.144. The van der Waals surface area contributed by atoms with Gasteiger partial charge in [-0.25, -0.2) is 9.97 Å². The number of amides is 1. The molecule has 38 heavy (non-hydrogen) atoms. The largest absolute Gasteiger partial charge is 0.456 e. The van der Waals surface area contributed by atoms with Crippen molar-refractivity contribution in [3.05, 3.63) is 59.8 Å². The Morgan fingerprint density at radius 3 is 2.74 bits per heavy atom. The lowest BCUT2D eigenvalue weighted by Crippen LogP contribution is -2.49. The van der Waals surface area contributed by atoms with E-state index in [9.17, 15) is 4.79 Å². The lowest BCUT2D eigenvalue weighted by atomic mass is 10.2. The first-order valence-electron chi connectivity index (χ1n) is 12.4. The lowest BCUT2D eigenvalue weighted by Gasteiger charge is -2.35. The van der Waals surface area contributed by atoms with Gasteiger partial charge < -0.3 is 19.4 Å². The minimum atomic E-state index is -0.000409. The first-order valence-corrected chi connectivity index (χ1v) is 12.8. The van der Waals surface area contributed by atoms with Gasteiger partial charge in [0, 0.05) is 30.9 Å². The van der Waals surface area contributed by atoms with E-state index in [1.165, 1.54) is 0 Å². The van der Waals surface area contributed by atoms with Gasteiger partial charge in [0.2, 0.25) is 5.91 Å². The second-order valence-corrected chi connectivity index (χ2v) is 9.96. The van der Waals surface area contributed by atoms with Crippen molar-refractivity contribution in [2.75, 3.05) is 13.1 Å². The van der Waals surface area contributed by atoms with Crippen molar-refractivity contribution >= 4 is 39.6 Å². The molecule has 1 fully saturated rings. The van der Waals surface area contributed by atoms with Crippen LogP contribution in [0.3, 0.4) is 0 Å². The van der Waals surface area contributed by atoms with Crippen LogP contribution in [-0.4, -0.2) is 65.8 Å². The molecule has 1 amide bonds. The van der Waals surface area contributed by atoms with Crippen LogP contribution in [0.1, 0.15) is 19.7 Å². The first-order chi connectivity index (χ1) is 18.3. The predicted octanol–water partition coefficient (Wildman–Crippen LogP) is 4.76. The van der Waals surface area contributed by atoms with Gasteiger partial charge in [0.05, 0.1) is 46.8 Å². The number of imidazole rings is 1. The van der Waals surface area contributed by atoms with Crippen LogP contribution in [0, 0.1) is 6.92 Å². The van der Waals surface area contributed by atoms with E-state index in [1.54, 1.807) is 29.3 Å². The number of H-pyrrole nitrogens is 1. The highest BCUT2D eigenvalue weighted by molar-refractivity contribution is 6.36. The number of benzene rings is 2. The summed E-state index contributed by atoms with van der Waals surface area (Å²) in [6.07, 6.45) is 5.16. The molecular weight excluding hydrogens is 506 g/mol. The number of rotatable bonds is 5. The van der Waals surface area contributed by atoms with E-state index in [2.05, 4.69) is 20.1 Å². The molecule has 2 aromatic carbocycles. The number of hydrogen-bond donors (Lipinski definition) is 1. The van der Waals surface area contributed by atoms with E-state index in [0.29, 0.717) is 46.3 Å². The topological polar surface area (TPSA) is 111 Å². The number of halogens is 1. The summed E-state index contributed by atoms with van der Waals surface area (Å²) in [6, 6.07) is 9.21. The van der Waals surface area contributed by atoms with Gasteiger partial charge in [0.1, 0.15) is 34.4 Å². The number of aryl methyl sites for hydroxylation is 1. The van der Waals surface area contributed by atoms with Gasteiger partial charge in [-0.1, -0.05) is 11.6 Å². The van der Waals surface area contributed by atoms with Crippen molar-refractivity contribution in [1.29, 1.82) is 0 Å². The first kappa shape index (κ1) is 24.3. The summed E-state index contributed by atoms with van der Waals surface area (Å²) in [4.78, 5) is 31.6. The highest BCUT2D eigenvalue weighted by Gasteiger charge is 2.26. The zero-order valence-corrected chi connectivity index (χ0v) is 21.9. The number of aromatic nitrogens is 6. The van der Waals surface area contributed by atoms with E-state index in [1.807, 2.05) is 49.9 Å². The van der Waals surface area contributed by atoms with E-state index in [0.717, 1.165) is 22.4 Å². The van der Waals surface area contributed by atoms with Crippen molar-refractivity contribution in [2.45, 2.75) is 39.5 Å². The molecule has 0 saturated carbocycles. The average Bonchev–Trinajstić information content (AvgIpc) is 3.50. The van der Waals surface area contributed by atoms with Crippen LogP contribution in [0.4, 0.5) is 0 Å². The Kier molecular flexibility index (Phi) is 6.21. The highest BCUT2D eigenvalue weighted by atomic mass is 35.5. The van der Waals surface area contributed by atoms with E-state index in [-0.39, 0.29) is 24.7 Å². The van der Waals surface area contributed by atoms with Crippen LogP contribution in [-0.2, 0) is 16.1 Å². The molecule has 10 nitrogen and oxygen atoms in total. The van der Waals surface area contributed by atoms with Crippen LogP contribution in [0.2, 0.25) is 5.02 Å². The molecule has 1 aliphatic heterocycles. The van der Waals surface area contributed by atoms with Gasteiger partial charge in [0.25, 0.3) is 0 Å². The molecule has 11 heteroatoms. The fraction of sp³-hybridized carbons (Fsp3) is 0.296. The monoisotopic (exact) mass is 531 g/mol. The van der Waals surface area contributed by atoms with Crippen molar-refractivity contribution < 1.29 is 14.3 Å². The number of morpholine rings is 1. The van der Waals surface area contributed by atoms with E-state index in [4.69, 9.17) is 26.1 Å². The summed E-state index contributed by atoms with van der Waals surface area (Å²) >= 11 is 6.73. The Morgan fingerprint density at radius 1 is 1.13 bits per heavy atom. The number of aromatic amines is 1. The van der Waals surface area contributed by atoms with Gasteiger partial charge in [-0.15, -0.1) is 0 Å². The third kappa shape index (κ3) is 4.80. The zero-order valence-electron chi connectivity index (χ0n) is 21.2.